The van der Waals surface area contributed by atoms with Gasteiger partial charge in [0.1, 0.15) is 12.2 Å². The first-order valence-electron chi connectivity index (χ1n) is 5.86. The Bertz CT molecular complexity index is 157. The van der Waals surface area contributed by atoms with Crippen molar-refractivity contribution in [2.75, 3.05) is 18.1 Å². The second kappa shape index (κ2) is 10.4. The molecule has 98 valence electrons. The van der Waals surface area contributed by atoms with Crippen LogP contribution in [0.5, 0.6) is 0 Å². The SMILES string of the molecule is CCCCCCSC[C@@H](O)[C@@H](O)[C@H](O)CO. The molecule has 0 aromatic rings. The van der Waals surface area contributed by atoms with Crippen LogP contribution in [0.25, 0.3) is 0 Å². The Labute approximate surface area is 102 Å². The quantitative estimate of drug-likeness (QED) is 0.423. The van der Waals surface area contributed by atoms with Crippen molar-refractivity contribution in [2.45, 2.75) is 50.9 Å². The summed E-state index contributed by atoms with van der Waals surface area (Å²) < 4.78 is 0. The second-order valence-corrected chi connectivity index (χ2v) is 5.09. The first-order valence-corrected chi connectivity index (χ1v) is 7.01. The van der Waals surface area contributed by atoms with Crippen LogP contribution in [0, 0.1) is 0 Å². The van der Waals surface area contributed by atoms with E-state index in [0.717, 1.165) is 12.2 Å². The van der Waals surface area contributed by atoms with Crippen molar-refractivity contribution >= 4 is 11.8 Å². The zero-order chi connectivity index (χ0) is 12.4. The fourth-order valence-electron chi connectivity index (χ4n) is 1.30. The van der Waals surface area contributed by atoms with Crippen LogP contribution < -0.4 is 0 Å². The van der Waals surface area contributed by atoms with Crippen LogP contribution >= 0.6 is 11.8 Å². The smallest absolute Gasteiger partial charge is 0.109 e. The fourth-order valence-corrected chi connectivity index (χ4v) is 2.31. The van der Waals surface area contributed by atoms with Crippen molar-refractivity contribution in [3.8, 4) is 0 Å². The van der Waals surface area contributed by atoms with Gasteiger partial charge in [0, 0.05) is 5.75 Å². The number of hydrogen-bond donors (Lipinski definition) is 4. The molecule has 0 saturated heterocycles. The van der Waals surface area contributed by atoms with Crippen LogP contribution in [0.15, 0.2) is 0 Å². The maximum absolute atomic E-state index is 9.48. The summed E-state index contributed by atoms with van der Waals surface area (Å²) in [6.45, 7) is 1.63. The molecule has 0 aromatic carbocycles. The summed E-state index contributed by atoms with van der Waals surface area (Å²) in [5.41, 5.74) is 0. The molecule has 0 heterocycles. The molecule has 0 spiro atoms. The van der Waals surface area contributed by atoms with Crippen molar-refractivity contribution in [2.24, 2.45) is 0 Å². The Morgan fingerprint density at radius 3 is 2.25 bits per heavy atom. The molecule has 0 saturated carbocycles. The summed E-state index contributed by atoms with van der Waals surface area (Å²) in [6, 6.07) is 0. The fraction of sp³-hybridized carbons (Fsp3) is 1.00. The highest BCUT2D eigenvalue weighted by atomic mass is 32.2. The Balaban J connectivity index is 3.45. The summed E-state index contributed by atoms with van der Waals surface area (Å²) in [5.74, 6) is 1.35. The summed E-state index contributed by atoms with van der Waals surface area (Å²) in [4.78, 5) is 0. The number of aliphatic hydroxyl groups is 4. The maximum Gasteiger partial charge on any atom is 0.109 e. The Kier molecular flexibility index (Phi) is 10.5. The third-order valence-corrected chi connectivity index (χ3v) is 3.56. The Morgan fingerprint density at radius 2 is 1.69 bits per heavy atom. The lowest BCUT2D eigenvalue weighted by atomic mass is 10.1. The minimum atomic E-state index is -1.26. The normalized spacial score (nSPS) is 17.1. The molecule has 0 bridgehead atoms. The lowest BCUT2D eigenvalue weighted by Crippen LogP contribution is -2.40. The molecule has 3 atom stereocenters. The summed E-state index contributed by atoms with van der Waals surface area (Å²) in [5, 5.41) is 36.5. The lowest BCUT2D eigenvalue weighted by molar-refractivity contribution is -0.0683. The van der Waals surface area contributed by atoms with Crippen LogP contribution in [0.1, 0.15) is 32.6 Å². The van der Waals surface area contributed by atoms with Gasteiger partial charge < -0.3 is 20.4 Å². The minimum Gasteiger partial charge on any atom is -0.394 e. The predicted molar refractivity (Wildman–Crippen MR) is 66.6 cm³/mol. The molecular formula is C11H24O4S. The molecule has 4 nitrogen and oxygen atoms in total. The van der Waals surface area contributed by atoms with E-state index in [0.29, 0.717) is 5.75 Å². The van der Waals surface area contributed by atoms with E-state index in [1.807, 2.05) is 0 Å². The Hall–Kier alpha value is 0.190. The van der Waals surface area contributed by atoms with E-state index in [1.54, 1.807) is 11.8 Å². The zero-order valence-electron chi connectivity index (χ0n) is 9.88. The van der Waals surface area contributed by atoms with E-state index in [4.69, 9.17) is 10.2 Å². The molecule has 4 N–H and O–H groups in total. The molecule has 0 aliphatic carbocycles. The molecule has 0 aromatic heterocycles. The molecule has 16 heavy (non-hydrogen) atoms. The Morgan fingerprint density at radius 1 is 1.00 bits per heavy atom. The van der Waals surface area contributed by atoms with Crippen LogP contribution in [0.4, 0.5) is 0 Å². The highest BCUT2D eigenvalue weighted by Crippen LogP contribution is 2.11. The molecular weight excluding hydrogens is 228 g/mol. The van der Waals surface area contributed by atoms with E-state index in [2.05, 4.69) is 6.92 Å². The van der Waals surface area contributed by atoms with Gasteiger partial charge in [-0.2, -0.15) is 11.8 Å². The molecule has 0 amide bonds. The van der Waals surface area contributed by atoms with Gasteiger partial charge in [0.25, 0.3) is 0 Å². The van der Waals surface area contributed by atoms with E-state index in [1.165, 1.54) is 19.3 Å². The topological polar surface area (TPSA) is 80.9 Å². The molecule has 5 heteroatoms. The first kappa shape index (κ1) is 16.2. The van der Waals surface area contributed by atoms with Gasteiger partial charge in [-0.15, -0.1) is 0 Å². The number of rotatable bonds is 10. The summed E-state index contributed by atoms with van der Waals surface area (Å²) in [6.07, 6.45) is 1.26. The van der Waals surface area contributed by atoms with Crippen molar-refractivity contribution in [3.05, 3.63) is 0 Å². The van der Waals surface area contributed by atoms with E-state index in [9.17, 15) is 10.2 Å². The number of aliphatic hydroxyl groups excluding tert-OH is 4. The van der Waals surface area contributed by atoms with E-state index >= 15 is 0 Å². The van der Waals surface area contributed by atoms with Crippen molar-refractivity contribution in [1.82, 2.24) is 0 Å². The van der Waals surface area contributed by atoms with Gasteiger partial charge in [-0.1, -0.05) is 26.2 Å². The van der Waals surface area contributed by atoms with Gasteiger partial charge >= 0.3 is 0 Å². The van der Waals surface area contributed by atoms with Crippen LogP contribution in [0.2, 0.25) is 0 Å². The predicted octanol–water partition coefficient (Wildman–Crippen LogP) is 0.375. The van der Waals surface area contributed by atoms with Crippen LogP contribution in [-0.2, 0) is 0 Å². The number of unbranched alkanes of at least 4 members (excludes halogenated alkanes) is 3. The monoisotopic (exact) mass is 252 g/mol. The van der Waals surface area contributed by atoms with Gasteiger partial charge in [-0.05, 0) is 12.2 Å². The zero-order valence-corrected chi connectivity index (χ0v) is 10.7. The molecule has 0 unspecified atom stereocenters. The van der Waals surface area contributed by atoms with Crippen LogP contribution in [0.3, 0.4) is 0 Å². The molecule has 0 rings (SSSR count). The van der Waals surface area contributed by atoms with Gasteiger partial charge in [0.15, 0.2) is 0 Å². The van der Waals surface area contributed by atoms with Gasteiger partial charge in [0.2, 0.25) is 0 Å². The molecule has 0 fully saturated rings. The van der Waals surface area contributed by atoms with Gasteiger partial charge in [0.05, 0.1) is 12.7 Å². The van der Waals surface area contributed by atoms with Gasteiger partial charge in [-0.25, -0.2) is 0 Å². The highest BCUT2D eigenvalue weighted by molar-refractivity contribution is 7.99. The number of hydrogen-bond acceptors (Lipinski definition) is 5. The molecule has 0 aliphatic rings. The minimum absolute atomic E-state index is 0.393. The van der Waals surface area contributed by atoms with Crippen LogP contribution in [-0.4, -0.2) is 56.9 Å². The standard InChI is InChI=1S/C11H24O4S/c1-2-3-4-5-6-16-8-10(14)11(15)9(13)7-12/h9-15H,2-8H2,1H3/t9-,10-,11+/m1/s1. The van der Waals surface area contributed by atoms with E-state index < -0.39 is 24.9 Å². The summed E-state index contributed by atoms with van der Waals surface area (Å²) >= 11 is 1.57. The second-order valence-electron chi connectivity index (χ2n) is 3.94. The van der Waals surface area contributed by atoms with Crippen molar-refractivity contribution in [1.29, 1.82) is 0 Å². The summed E-state index contributed by atoms with van der Waals surface area (Å²) in [7, 11) is 0. The third-order valence-electron chi connectivity index (χ3n) is 2.41. The highest BCUT2D eigenvalue weighted by Gasteiger charge is 2.23. The third kappa shape index (κ3) is 7.46. The molecule has 0 radical (unpaired) electrons. The van der Waals surface area contributed by atoms with Crippen molar-refractivity contribution in [3.63, 3.8) is 0 Å². The maximum atomic E-state index is 9.48. The largest absolute Gasteiger partial charge is 0.394 e. The van der Waals surface area contributed by atoms with Crippen molar-refractivity contribution < 1.29 is 20.4 Å². The van der Waals surface area contributed by atoms with Gasteiger partial charge in [-0.3, -0.25) is 0 Å². The molecule has 0 aliphatic heterocycles. The average molecular weight is 252 g/mol. The number of thioether (sulfide) groups is 1. The first-order chi connectivity index (χ1) is 7.63. The average Bonchev–Trinajstić information content (AvgIpc) is 2.31. The van der Waals surface area contributed by atoms with E-state index in [-0.39, 0.29) is 0 Å². The lowest BCUT2D eigenvalue weighted by Gasteiger charge is -2.21.